The third kappa shape index (κ3) is 4.09. The molecule has 0 spiro atoms. The number of fused-ring (bicyclic) bond motifs is 1. The second-order valence-electron chi connectivity index (χ2n) is 7.42. The summed E-state index contributed by atoms with van der Waals surface area (Å²) in [6.07, 6.45) is -4.74. The van der Waals surface area contributed by atoms with Crippen LogP contribution in [0.1, 0.15) is 22.9 Å². The molecule has 3 aromatic carbocycles. The SMILES string of the molecule is NC(NO)c1ccc(S(=O)(=O)N2CCc3cc(-c4ccc(C(F)(F)F)cc4)ccc32)cc1. The van der Waals surface area contributed by atoms with Crippen molar-refractivity contribution in [1.29, 1.82) is 0 Å². The van der Waals surface area contributed by atoms with Crippen molar-refractivity contribution in [2.24, 2.45) is 5.73 Å². The lowest BCUT2D eigenvalue weighted by Gasteiger charge is -2.20. The van der Waals surface area contributed by atoms with Crippen molar-refractivity contribution in [1.82, 2.24) is 5.48 Å². The van der Waals surface area contributed by atoms with Crippen LogP contribution >= 0.6 is 0 Å². The maximum atomic E-state index is 13.2. The molecule has 6 nitrogen and oxygen atoms in total. The van der Waals surface area contributed by atoms with E-state index in [0.29, 0.717) is 28.8 Å². The van der Waals surface area contributed by atoms with Crippen LogP contribution in [0.4, 0.5) is 18.9 Å². The zero-order valence-corrected chi connectivity index (χ0v) is 17.5. The van der Waals surface area contributed by atoms with Crippen LogP contribution < -0.4 is 15.5 Å². The van der Waals surface area contributed by atoms with Crippen LogP contribution in [0.25, 0.3) is 11.1 Å². The number of hydrogen-bond acceptors (Lipinski definition) is 5. The minimum Gasteiger partial charge on any atom is -0.315 e. The fourth-order valence-electron chi connectivity index (χ4n) is 3.70. The van der Waals surface area contributed by atoms with Crippen LogP contribution in [-0.2, 0) is 22.6 Å². The highest BCUT2D eigenvalue weighted by Crippen LogP contribution is 2.37. The van der Waals surface area contributed by atoms with Gasteiger partial charge in [0, 0.05) is 6.54 Å². The van der Waals surface area contributed by atoms with E-state index in [1.54, 1.807) is 12.1 Å². The monoisotopic (exact) mass is 463 g/mol. The van der Waals surface area contributed by atoms with Gasteiger partial charge in [-0.3, -0.25) is 4.31 Å². The number of nitrogens with zero attached hydrogens (tertiary/aromatic N) is 1. The average Bonchev–Trinajstić information content (AvgIpc) is 3.22. The summed E-state index contributed by atoms with van der Waals surface area (Å²) in [6.45, 7) is 0.258. The second-order valence-corrected chi connectivity index (χ2v) is 9.28. The standard InChI is InChI=1S/C22H20F3N3O3S/c23-22(24,25)18-6-1-14(2-7-18)16-5-10-20-17(13-16)11-12-28(20)32(30,31)19-8-3-15(4-9-19)21(26)27-29/h1-10,13,21,27,29H,11-12,26H2. The summed E-state index contributed by atoms with van der Waals surface area (Å²) < 4.78 is 66.0. The van der Waals surface area contributed by atoms with Crippen molar-refractivity contribution in [2.75, 3.05) is 10.8 Å². The van der Waals surface area contributed by atoms with Gasteiger partial charge in [-0.2, -0.15) is 18.7 Å². The van der Waals surface area contributed by atoms with Crippen LogP contribution in [-0.4, -0.2) is 20.2 Å². The molecular formula is C22H20F3N3O3S. The highest BCUT2D eigenvalue weighted by Gasteiger charge is 2.32. The number of sulfonamides is 1. The van der Waals surface area contributed by atoms with Crippen LogP contribution in [0.5, 0.6) is 0 Å². The first-order valence-corrected chi connectivity index (χ1v) is 11.1. The highest BCUT2D eigenvalue weighted by molar-refractivity contribution is 7.92. The molecule has 1 heterocycles. The van der Waals surface area contributed by atoms with Gasteiger partial charge < -0.3 is 10.9 Å². The molecule has 0 saturated heterocycles. The van der Waals surface area contributed by atoms with Gasteiger partial charge in [-0.25, -0.2) is 8.42 Å². The maximum absolute atomic E-state index is 13.2. The first-order valence-electron chi connectivity index (χ1n) is 9.70. The predicted octanol–water partition coefficient (Wildman–Crippen LogP) is 4.06. The van der Waals surface area contributed by atoms with E-state index in [9.17, 15) is 21.6 Å². The maximum Gasteiger partial charge on any atom is 0.416 e. The Kier molecular flexibility index (Phi) is 5.72. The molecule has 1 aliphatic heterocycles. The molecule has 1 aliphatic rings. The van der Waals surface area contributed by atoms with Gasteiger partial charge in [-0.15, -0.1) is 0 Å². The van der Waals surface area contributed by atoms with E-state index in [2.05, 4.69) is 0 Å². The Balaban J connectivity index is 1.61. The molecule has 1 atom stereocenters. The summed E-state index contributed by atoms with van der Waals surface area (Å²) in [5.74, 6) is 0. The minimum atomic E-state index is -4.40. The lowest BCUT2D eigenvalue weighted by molar-refractivity contribution is -0.137. The van der Waals surface area contributed by atoms with Crippen molar-refractivity contribution < 1.29 is 26.8 Å². The fraction of sp³-hybridized carbons (Fsp3) is 0.182. The molecule has 0 fully saturated rings. The van der Waals surface area contributed by atoms with Gasteiger partial charge in [0.05, 0.1) is 16.1 Å². The van der Waals surface area contributed by atoms with Crippen molar-refractivity contribution in [3.05, 3.63) is 83.4 Å². The molecule has 0 bridgehead atoms. The largest absolute Gasteiger partial charge is 0.416 e. The molecule has 0 aliphatic carbocycles. The number of halogens is 3. The minimum absolute atomic E-state index is 0.0889. The van der Waals surface area contributed by atoms with Crippen LogP contribution in [0.3, 0.4) is 0 Å². The van der Waals surface area contributed by atoms with Gasteiger partial charge in [-0.05, 0) is 65.1 Å². The molecule has 0 amide bonds. The Labute approximate surface area is 183 Å². The lowest BCUT2D eigenvalue weighted by atomic mass is 10.0. The number of anilines is 1. The van der Waals surface area contributed by atoms with Crippen LogP contribution in [0.2, 0.25) is 0 Å². The summed E-state index contributed by atoms with van der Waals surface area (Å²) in [7, 11) is -3.82. The van der Waals surface area contributed by atoms with Gasteiger partial charge in [0.25, 0.3) is 10.0 Å². The molecule has 0 aromatic heterocycles. The normalized spacial score (nSPS) is 15.0. The molecule has 4 N–H and O–H groups in total. The summed E-state index contributed by atoms with van der Waals surface area (Å²) >= 11 is 0. The topological polar surface area (TPSA) is 95.7 Å². The van der Waals surface area contributed by atoms with Gasteiger partial charge in [0.2, 0.25) is 0 Å². The van der Waals surface area contributed by atoms with Crippen molar-refractivity contribution in [2.45, 2.75) is 23.7 Å². The van der Waals surface area contributed by atoms with Crippen LogP contribution in [0, 0.1) is 0 Å². The third-order valence-electron chi connectivity index (χ3n) is 5.44. The van der Waals surface area contributed by atoms with Gasteiger partial charge in [-0.1, -0.05) is 30.3 Å². The van der Waals surface area contributed by atoms with E-state index < -0.39 is 27.9 Å². The van der Waals surface area contributed by atoms with E-state index in [-0.39, 0.29) is 11.4 Å². The molecule has 0 saturated carbocycles. The molecule has 10 heteroatoms. The van der Waals surface area contributed by atoms with E-state index in [1.807, 2.05) is 11.5 Å². The number of rotatable bonds is 5. The summed E-state index contributed by atoms with van der Waals surface area (Å²) in [6, 6.07) is 15.9. The molecule has 168 valence electrons. The molecule has 32 heavy (non-hydrogen) atoms. The number of alkyl halides is 3. The van der Waals surface area contributed by atoms with E-state index in [1.165, 1.54) is 40.7 Å². The van der Waals surface area contributed by atoms with Gasteiger partial charge in [0.1, 0.15) is 6.17 Å². The number of nitrogens with two attached hydrogens (primary N) is 1. The lowest BCUT2D eigenvalue weighted by Crippen LogP contribution is -2.29. The summed E-state index contributed by atoms with van der Waals surface area (Å²) in [5.41, 5.74) is 10.0. The van der Waals surface area contributed by atoms with Crippen molar-refractivity contribution >= 4 is 15.7 Å². The van der Waals surface area contributed by atoms with Crippen molar-refractivity contribution in [3.8, 4) is 11.1 Å². The Morgan fingerprint density at radius 2 is 1.59 bits per heavy atom. The quantitative estimate of drug-likeness (QED) is 0.392. The first-order chi connectivity index (χ1) is 15.1. The number of hydroxylamine groups is 1. The smallest absolute Gasteiger partial charge is 0.315 e. The Morgan fingerprint density at radius 3 is 2.19 bits per heavy atom. The Hall–Kier alpha value is -2.92. The molecule has 3 aromatic rings. The summed E-state index contributed by atoms with van der Waals surface area (Å²) in [5, 5.41) is 8.90. The first kappa shape index (κ1) is 22.3. The fourth-order valence-corrected chi connectivity index (χ4v) is 5.20. The zero-order chi connectivity index (χ0) is 23.1. The van der Waals surface area contributed by atoms with E-state index in [0.717, 1.165) is 17.7 Å². The predicted molar refractivity (Wildman–Crippen MR) is 113 cm³/mol. The zero-order valence-electron chi connectivity index (χ0n) is 16.7. The van der Waals surface area contributed by atoms with Crippen LogP contribution in [0.15, 0.2) is 71.6 Å². The third-order valence-corrected chi connectivity index (χ3v) is 7.27. The van der Waals surface area contributed by atoms with E-state index in [4.69, 9.17) is 10.9 Å². The van der Waals surface area contributed by atoms with Crippen molar-refractivity contribution in [3.63, 3.8) is 0 Å². The number of hydrogen-bond donors (Lipinski definition) is 3. The number of nitrogens with one attached hydrogen (secondary N) is 1. The molecular weight excluding hydrogens is 443 g/mol. The Bertz CT molecular complexity index is 1230. The second kappa shape index (κ2) is 8.21. The number of benzene rings is 3. The molecule has 4 rings (SSSR count). The Morgan fingerprint density at radius 1 is 0.969 bits per heavy atom. The average molecular weight is 463 g/mol. The molecule has 0 radical (unpaired) electrons. The van der Waals surface area contributed by atoms with Gasteiger partial charge >= 0.3 is 6.18 Å². The summed E-state index contributed by atoms with van der Waals surface area (Å²) in [4.78, 5) is 0.0889. The van der Waals surface area contributed by atoms with Gasteiger partial charge in [0.15, 0.2) is 0 Å². The molecule has 1 unspecified atom stereocenters. The highest BCUT2D eigenvalue weighted by atomic mass is 32.2. The van der Waals surface area contributed by atoms with E-state index >= 15 is 0 Å².